The van der Waals surface area contributed by atoms with E-state index >= 15 is 0 Å². The molecule has 0 radical (unpaired) electrons. The van der Waals surface area contributed by atoms with Gasteiger partial charge < -0.3 is 19.9 Å². The highest BCUT2D eigenvalue weighted by Crippen LogP contribution is 2.17. The van der Waals surface area contributed by atoms with Crippen molar-refractivity contribution in [3.8, 4) is 0 Å². The van der Waals surface area contributed by atoms with Crippen LogP contribution in [0.2, 0.25) is 0 Å². The van der Waals surface area contributed by atoms with Crippen molar-refractivity contribution in [1.82, 2.24) is 25.5 Å². The lowest BCUT2D eigenvalue weighted by Gasteiger charge is -2.36. The molecular weight excluding hydrogens is 473 g/mol. The predicted octanol–water partition coefficient (Wildman–Crippen LogP) is 1.66. The molecule has 0 bridgehead atoms. The lowest BCUT2D eigenvalue weighted by atomic mass is 9.73. The van der Waals surface area contributed by atoms with E-state index in [9.17, 15) is 14.4 Å². The van der Waals surface area contributed by atoms with Crippen LogP contribution in [0.3, 0.4) is 0 Å². The van der Waals surface area contributed by atoms with Crippen molar-refractivity contribution in [1.29, 1.82) is 0 Å². The molecule has 10 nitrogen and oxygen atoms in total. The van der Waals surface area contributed by atoms with E-state index in [-0.39, 0.29) is 24.1 Å². The van der Waals surface area contributed by atoms with E-state index in [1.165, 1.54) is 18.6 Å². The molecule has 0 spiro atoms. The van der Waals surface area contributed by atoms with E-state index in [0.29, 0.717) is 13.0 Å². The zero-order valence-electron chi connectivity index (χ0n) is 22.1. The van der Waals surface area contributed by atoms with Gasteiger partial charge in [0.15, 0.2) is 0 Å². The van der Waals surface area contributed by atoms with E-state index in [1.807, 2.05) is 63.1 Å². The number of amides is 2. The lowest BCUT2D eigenvalue weighted by Crippen LogP contribution is -2.59. The first-order valence-corrected chi connectivity index (χ1v) is 12.6. The van der Waals surface area contributed by atoms with Gasteiger partial charge in [-0.05, 0) is 38.8 Å². The quantitative estimate of drug-likeness (QED) is 0.490. The molecule has 0 saturated carbocycles. The zero-order valence-corrected chi connectivity index (χ0v) is 22.1. The summed E-state index contributed by atoms with van der Waals surface area (Å²) < 4.78 is 11.7. The molecule has 2 aromatic rings. The summed E-state index contributed by atoms with van der Waals surface area (Å²) in [6, 6.07) is 8.04. The minimum atomic E-state index is -0.953. The summed E-state index contributed by atoms with van der Waals surface area (Å²) in [5.74, 6) is -1.77. The number of nitrogens with zero attached hydrogens (tertiary/aromatic N) is 3. The second-order valence-corrected chi connectivity index (χ2v) is 9.88. The average molecular weight is 509 g/mol. The highest BCUT2D eigenvalue weighted by molar-refractivity contribution is 6.49. The summed E-state index contributed by atoms with van der Waals surface area (Å²) in [6.07, 6.45) is 5.00. The Morgan fingerprint density at radius 3 is 2.54 bits per heavy atom. The molecule has 1 saturated heterocycles. The topological polar surface area (TPSA) is 123 Å². The minimum Gasteiger partial charge on any atom is -0.507 e. The molecule has 1 fully saturated rings. The van der Waals surface area contributed by atoms with E-state index in [4.69, 9.17) is 9.31 Å². The number of benzene rings is 1. The highest BCUT2D eigenvalue weighted by atomic mass is 16.6. The standard InChI is InChI=1S/C26H36BN5O5/c1-17(2)13-23(27-36-16-18(3)32(5)19(4)26(35)37-27)31-24(33)21(14-20-9-7-6-8-10-20)30-25(34)22-15-28-11-12-29-22/h6-12,15,17-19,21,23H,13-14,16H2,1-5H3,(H,30,34)(H,31,33)/t18-,19-,21?,23+/m1/s1. The molecule has 2 amide bonds. The van der Waals surface area contributed by atoms with E-state index in [1.54, 1.807) is 6.92 Å². The van der Waals surface area contributed by atoms with Crippen LogP contribution in [0, 0.1) is 5.92 Å². The fourth-order valence-electron chi connectivity index (χ4n) is 4.08. The van der Waals surface area contributed by atoms with Gasteiger partial charge in [0, 0.05) is 31.5 Å². The Kier molecular flexibility index (Phi) is 10.2. The number of carbonyl (C=O) groups is 3. The van der Waals surface area contributed by atoms with Gasteiger partial charge in [0.1, 0.15) is 17.8 Å². The molecule has 2 N–H and O–H groups in total. The van der Waals surface area contributed by atoms with Gasteiger partial charge in [0.25, 0.3) is 5.91 Å². The molecule has 198 valence electrons. The first kappa shape index (κ1) is 28.3. The van der Waals surface area contributed by atoms with E-state index < -0.39 is 42.9 Å². The van der Waals surface area contributed by atoms with E-state index in [2.05, 4.69) is 20.6 Å². The van der Waals surface area contributed by atoms with Gasteiger partial charge in [0.05, 0.1) is 12.1 Å². The number of hydrogen-bond acceptors (Lipinski definition) is 8. The summed E-state index contributed by atoms with van der Waals surface area (Å²) in [5.41, 5.74) is 0.985. The van der Waals surface area contributed by atoms with Crippen LogP contribution in [0.25, 0.3) is 0 Å². The van der Waals surface area contributed by atoms with Crippen molar-refractivity contribution in [3.63, 3.8) is 0 Å². The summed E-state index contributed by atoms with van der Waals surface area (Å²) in [6.45, 7) is 8.12. The number of aromatic nitrogens is 2. The SMILES string of the molecule is CC(C)C[C@H](NC(=O)C(Cc1ccccc1)NC(=O)c1cnccn1)B1OC[C@@H](C)N(C)[C@H](C)C(=O)O1. The molecule has 1 aromatic heterocycles. The Bertz CT molecular complexity index is 1040. The Morgan fingerprint density at radius 1 is 1.16 bits per heavy atom. The second kappa shape index (κ2) is 13.3. The first-order chi connectivity index (χ1) is 17.7. The third kappa shape index (κ3) is 8.09. The average Bonchev–Trinajstić information content (AvgIpc) is 2.89. The van der Waals surface area contributed by atoms with Crippen molar-refractivity contribution in [2.45, 2.75) is 64.6 Å². The van der Waals surface area contributed by atoms with Crippen LogP contribution in [0.15, 0.2) is 48.9 Å². The molecule has 0 aliphatic carbocycles. The van der Waals surface area contributed by atoms with Gasteiger partial charge in [-0.25, -0.2) is 4.98 Å². The van der Waals surface area contributed by atoms with Crippen LogP contribution in [0.4, 0.5) is 0 Å². The summed E-state index contributed by atoms with van der Waals surface area (Å²) >= 11 is 0. The van der Waals surface area contributed by atoms with Gasteiger partial charge in [0.2, 0.25) is 5.91 Å². The maximum Gasteiger partial charge on any atom is 0.551 e. The molecule has 1 aromatic carbocycles. The zero-order chi connectivity index (χ0) is 26.9. The largest absolute Gasteiger partial charge is 0.551 e. The molecule has 1 aliphatic heterocycles. The van der Waals surface area contributed by atoms with E-state index in [0.717, 1.165) is 5.56 Å². The molecule has 4 atom stereocenters. The van der Waals surface area contributed by atoms with Crippen molar-refractivity contribution in [2.24, 2.45) is 5.92 Å². The molecule has 1 aliphatic rings. The van der Waals surface area contributed by atoms with Crippen LogP contribution in [-0.2, 0) is 25.3 Å². The molecule has 3 rings (SSSR count). The second-order valence-electron chi connectivity index (χ2n) is 9.88. The summed E-state index contributed by atoms with van der Waals surface area (Å²) in [4.78, 5) is 49.1. The molecular formula is C26H36BN5O5. The minimum absolute atomic E-state index is 0.0159. The number of nitrogens with one attached hydrogen (secondary N) is 2. The highest BCUT2D eigenvalue weighted by Gasteiger charge is 2.41. The normalized spacial score (nSPS) is 20.4. The predicted molar refractivity (Wildman–Crippen MR) is 139 cm³/mol. The Hall–Kier alpha value is -3.31. The molecule has 1 unspecified atom stereocenters. The Morgan fingerprint density at radius 2 is 1.89 bits per heavy atom. The van der Waals surface area contributed by atoms with Crippen molar-refractivity contribution >= 4 is 24.9 Å². The molecule has 2 heterocycles. The van der Waals surface area contributed by atoms with Crippen molar-refractivity contribution in [3.05, 3.63) is 60.2 Å². The first-order valence-electron chi connectivity index (χ1n) is 12.6. The smallest absolute Gasteiger partial charge is 0.507 e. The van der Waals surface area contributed by atoms with Gasteiger partial charge >= 0.3 is 13.1 Å². The third-order valence-electron chi connectivity index (χ3n) is 6.46. The maximum atomic E-state index is 13.6. The summed E-state index contributed by atoms with van der Waals surface area (Å²) in [7, 11) is 0.896. The van der Waals surface area contributed by atoms with Crippen molar-refractivity contribution < 1.29 is 23.7 Å². The van der Waals surface area contributed by atoms with Gasteiger partial charge in [-0.3, -0.25) is 24.3 Å². The molecule has 37 heavy (non-hydrogen) atoms. The van der Waals surface area contributed by atoms with Crippen LogP contribution in [0.1, 0.15) is 50.2 Å². The fraction of sp³-hybridized carbons (Fsp3) is 0.500. The number of rotatable bonds is 9. The number of hydrogen-bond donors (Lipinski definition) is 2. The van der Waals surface area contributed by atoms with Gasteiger partial charge in [-0.2, -0.15) is 0 Å². The van der Waals surface area contributed by atoms with Gasteiger partial charge in [-0.15, -0.1) is 0 Å². The van der Waals surface area contributed by atoms with Crippen LogP contribution >= 0.6 is 0 Å². The maximum absolute atomic E-state index is 13.6. The van der Waals surface area contributed by atoms with Crippen LogP contribution < -0.4 is 10.6 Å². The van der Waals surface area contributed by atoms with Crippen LogP contribution in [0.5, 0.6) is 0 Å². The summed E-state index contributed by atoms with van der Waals surface area (Å²) in [5, 5.41) is 5.78. The molecule has 11 heteroatoms. The lowest BCUT2D eigenvalue weighted by molar-refractivity contribution is -0.144. The third-order valence-corrected chi connectivity index (χ3v) is 6.46. The number of carbonyl (C=O) groups excluding carboxylic acids is 3. The van der Waals surface area contributed by atoms with Crippen molar-refractivity contribution in [2.75, 3.05) is 13.7 Å². The van der Waals surface area contributed by atoms with Crippen LogP contribution in [-0.4, -0.2) is 77.5 Å². The Labute approximate surface area is 218 Å². The Balaban J connectivity index is 1.82. The monoisotopic (exact) mass is 509 g/mol. The number of likely N-dealkylation sites (N-methyl/N-ethyl adjacent to an activating group) is 1. The van der Waals surface area contributed by atoms with Gasteiger partial charge in [-0.1, -0.05) is 44.2 Å². The fourth-order valence-corrected chi connectivity index (χ4v) is 4.08.